The number of pyridine rings is 1. The number of ether oxygens (including phenoxy) is 1. The van der Waals surface area contributed by atoms with E-state index in [1.807, 2.05) is 13.0 Å². The van der Waals surface area contributed by atoms with Crippen LogP contribution < -0.4 is 10.5 Å². The van der Waals surface area contributed by atoms with Crippen LogP contribution in [0.1, 0.15) is 11.3 Å². The van der Waals surface area contributed by atoms with Crippen LogP contribution >= 0.6 is 23.2 Å². The third-order valence-electron chi connectivity index (χ3n) is 2.52. The second-order valence-corrected chi connectivity index (χ2v) is 4.54. The Morgan fingerprint density at radius 1 is 1.22 bits per heavy atom. The second kappa shape index (κ2) is 5.57. The first-order chi connectivity index (χ1) is 8.61. The minimum absolute atomic E-state index is 0.376. The standard InChI is InChI=1S/C13H12Cl2N2O/c1-8-9(7-16)5-6-12(17-8)18-11-4-2-3-10(14)13(11)15/h2-6H,7,16H2,1H3. The summed E-state index contributed by atoms with van der Waals surface area (Å²) in [7, 11) is 0. The molecule has 0 atom stereocenters. The Hall–Kier alpha value is -1.29. The molecule has 2 rings (SSSR count). The second-order valence-electron chi connectivity index (χ2n) is 3.75. The van der Waals surface area contributed by atoms with Gasteiger partial charge in [-0.3, -0.25) is 0 Å². The molecule has 0 fully saturated rings. The fourth-order valence-corrected chi connectivity index (χ4v) is 1.85. The third-order valence-corrected chi connectivity index (χ3v) is 3.32. The van der Waals surface area contributed by atoms with E-state index in [9.17, 15) is 0 Å². The van der Waals surface area contributed by atoms with E-state index in [4.69, 9.17) is 33.7 Å². The number of benzene rings is 1. The van der Waals surface area contributed by atoms with Gasteiger partial charge in [-0.2, -0.15) is 0 Å². The van der Waals surface area contributed by atoms with E-state index in [-0.39, 0.29) is 0 Å². The molecule has 0 radical (unpaired) electrons. The van der Waals surface area contributed by atoms with Gasteiger partial charge in [-0.05, 0) is 24.6 Å². The minimum atomic E-state index is 0.376. The number of nitrogens with zero attached hydrogens (tertiary/aromatic N) is 1. The van der Waals surface area contributed by atoms with Crippen molar-refractivity contribution in [1.29, 1.82) is 0 Å². The van der Waals surface area contributed by atoms with Crippen molar-refractivity contribution in [3.8, 4) is 11.6 Å². The van der Waals surface area contributed by atoms with Gasteiger partial charge in [0.05, 0.1) is 5.02 Å². The third kappa shape index (κ3) is 2.75. The summed E-state index contributed by atoms with van der Waals surface area (Å²) in [6.45, 7) is 2.34. The molecule has 0 unspecified atom stereocenters. The van der Waals surface area contributed by atoms with E-state index in [1.165, 1.54) is 0 Å². The summed E-state index contributed by atoms with van der Waals surface area (Å²) in [5, 5.41) is 0.825. The van der Waals surface area contributed by atoms with Crippen molar-refractivity contribution in [3.63, 3.8) is 0 Å². The van der Waals surface area contributed by atoms with E-state index in [0.29, 0.717) is 28.2 Å². The topological polar surface area (TPSA) is 48.1 Å². The van der Waals surface area contributed by atoms with Crippen LogP contribution in [0.2, 0.25) is 10.0 Å². The predicted molar refractivity (Wildman–Crippen MR) is 73.4 cm³/mol. The molecule has 0 spiro atoms. The molecular formula is C13H12Cl2N2O. The highest BCUT2D eigenvalue weighted by molar-refractivity contribution is 6.42. The predicted octanol–water partition coefficient (Wildman–Crippen LogP) is 3.95. The van der Waals surface area contributed by atoms with Gasteiger partial charge in [0.2, 0.25) is 5.88 Å². The molecule has 0 bridgehead atoms. The summed E-state index contributed by atoms with van der Waals surface area (Å²) in [5.74, 6) is 0.949. The van der Waals surface area contributed by atoms with Gasteiger partial charge in [-0.15, -0.1) is 0 Å². The summed E-state index contributed by atoms with van der Waals surface area (Å²) in [4.78, 5) is 4.31. The zero-order valence-corrected chi connectivity index (χ0v) is 11.3. The smallest absolute Gasteiger partial charge is 0.219 e. The summed E-state index contributed by atoms with van der Waals surface area (Å²) in [6.07, 6.45) is 0. The van der Waals surface area contributed by atoms with Crippen molar-refractivity contribution in [2.45, 2.75) is 13.5 Å². The van der Waals surface area contributed by atoms with Crippen LogP contribution in [0.5, 0.6) is 11.6 Å². The lowest BCUT2D eigenvalue weighted by Gasteiger charge is -2.09. The maximum Gasteiger partial charge on any atom is 0.219 e. The summed E-state index contributed by atoms with van der Waals surface area (Å²) in [5.41, 5.74) is 7.40. The van der Waals surface area contributed by atoms with Crippen molar-refractivity contribution in [3.05, 3.63) is 51.6 Å². The first-order valence-corrected chi connectivity index (χ1v) is 6.16. The van der Waals surface area contributed by atoms with Gasteiger partial charge in [-0.1, -0.05) is 35.3 Å². The molecule has 2 aromatic rings. The molecule has 1 heterocycles. The Morgan fingerprint density at radius 2 is 2.00 bits per heavy atom. The number of hydrogen-bond donors (Lipinski definition) is 1. The Bertz CT molecular complexity index is 573. The van der Waals surface area contributed by atoms with Crippen LogP contribution in [-0.2, 0) is 6.54 Å². The first-order valence-electron chi connectivity index (χ1n) is 5.40. The zero-order chi connectivity index (χ0) is 13.1. The molecule has 0 saturated carbocycles. The lowest BCUT2D eigenvalue weighted by Crippen LogP contribution is -2.01. The summed E-state index contributed by atoms with van der Waals surface area (Å²) < 4.78 is 5.60. The molecule has 3 nitrogen and oxygen atoms in total. The monoisotopic (exact) mass is 282 g/mol. The molecule has 94 valence electrons. The molecule has 0 amide bonds. The van der Waals surface area contributed by atoms with E-state index < -0.39 is 0 Å². The highest BCUT2D eigenvalue weighted by Crippen LogP contribution is 2.34. The van der Waals surface area contributed by atoms with Crippen LogP contribution in [0.25, 0.3) is 0 Å². The van der Waals surface area contributed by atoms with Gasteiger partial charge in [0.15, 0.2) is 0 Å². The van der Waals surface area contributed by atoms with Crippen LogP contribution in [0.15, 0.2) is 30.3 Å². The van der Waals surface area contributed by atoms with Crippen molar-refractivity contribution < 1.29 is 4.74 Å². The summed E-state index contributed by atoms with van der Waals surface area (Å²) >= 11 is 11.9. The summed E-state index contributed by atoms with van der Waals surface area (Å²) in [6, 6.07) is 8.85. The van der Waals surface area contributed by atoms with Gasteiger partial charge < -0.3 is 10.5 Å². The van der Waals surface area contributed by atoms with Crippen LogP contribution in [-0.4, -0.2) is 4.98 Å². The largest absolute Gasteiger partial charge is 0.437 e. The molecule has 18 heavy (non-hydrogen) atoms. The molecular weight excluding hydrogens is 271 g/mol. The van der Waals surface area contributed by atoms with Crippen molar-refractivity contribution in [2.24, 2.45) is 5.73 Å². The highest BCUT2D eigenvalue weighted by atomic mass is 35.5. The molecule has 5 heteroatoms. The molecule has 0 aliphatic heterocycles. The minimum Gasteiger partial charge on any atom is -0.437 e. The molecule has 2 N–H and O–H groups in total. The maximum absolute atomic E-state index is 6.04. The molecule has 1 aromatic carbocycles. The van der Waals surface area contributed by atoms with Gasteiger partial charge in [0.25, 0.3) is 0 Å². The van der Waals surface area contributed by atoms with E-state index in [0.717, 1.165) is 11.3 Å². The Morgan fingerprint density at radius 3 is 2.67 bits per heavy atom. The molecule has 0 saturated heterocycles. The number of rotatable bonds is 3. The van der Waals surface area contributed by atoms with Gasteiger partial charge in [0, 0.05) is 18.3 Å². The maximum atomic E-state index is 6.04. The Labute approximate surface area is 115 Å². The number of nitrogens with two attached hydrogens (primary N) is 1. The average molecular weight is 283 g/mol. The van der Waals surface area contributed by atoms with E-state index >= 15 is 0 Å². The van der Waals surface area contributed by atoms with Crippen molar-refractivity contribution in [1.82, 2.24) is 4.98 Å². The van der Waals surface area contributed by atoms with Gasteiger partial charge in [0.1, 0.15) is 10.8 Å². The molecule has 0 aliphatic carbocycles. The lowest BCUT2D eigenvalue weighted by molar-refractivity contribution is 0.461. The Kier molecular flexibility index (Phi) is 4.07. The Balaban J connectivity index is 2.29. The highest BCUT2D eigenvalue weighted by Gasteiger charge is 2.08. The fourth-order valence-electron chi connectivity index (χ4n) is 1.51. The van der Waals surface area contributed by atoms with Crippen LogP contribution in [0.3, 0.4) is 0 Å². The normalized spacial score (nSPS) is 10.4. The van der Waals surface area contributed by atoms with Crippen LogP contribution in [0.4, 0.5) is 0 Å². The zero-order valence-electron chi connectivity index (χ0n) is 9.78. The first kappa shape index (κ1) is 13.1. The van der Waals surface area contributed by atoms with Crippen molar-refractivity contribution >= 4 is 23.2 Å². The van der Waals surface area contributed by atoms with Crippen molar-refractivity contribution in [2.75, 3.05) is 0 Å². The van der Waals surface area contributed by atoms with E-state index in [1.54, 1.807) is 24.3 Å². The number of aryl methyl sites for hydroxylation is 1. The van der Waals surface area contributed by atoms with E-state index in [2.05, 4.69) is 4.98 Å². The SMILES string of the molecule is Cc1nc(Oc2cccc(Cl)c2Cl)ccc1CN. The quantitative estimate of drug-likeness (QED) is 0.927. The number of halogens is 2. The average Bonchev–Trinajstić information content (AvgIpc) is 2.35. The van der Waals surface area contributed by atoms with Gasteiger partial charge in [-0.25, -0.2) is 4.98 Å². The molecule has 1 aromatic heterocycles. The number of aromatic nitrogens is 1. The number of hydrogen-bond acceptors (Lipinski definition) is 3. The van der Waals surface area contributed by atoms with Crippen LogP contribution in [0, 0.1) is 6.92 Å². The van der Waals surface area contributed by atoms with Gasteiger partial charge >= 0.3 is 0 Å². The lowest BCUT2D eigenvalue weighted by atomic mass is 10.2. The molecule has 0 aliphatic rings. The fraction of sp³-hybridized carbons (Fsp3) is 0.154.